The van der Waals surface area contributed by atoms with Crippen LogP contribution in [0.5, 0.6) is 5.75 Å². The molecule has 1 aliphatic carbocycles. The van der Waals surface area contributed by atoms with E-state index in [1.165, 1.54) is 0 Å². The molecular weight excluding hydrogens is 232 g/mol. The molecule has 0 saturated heterocycles. The Kier molecular flexibility index (Phi) is 3.97. The Balaban J connectivity index is 2.03. The van der Waals surface area contributed by atoms with Gasteiger partial charge in [0, 0.05) is 12.0 Å². The van der Waals surface area contributed by atoms with Crippen molar-refractivity contribution in [2.24, 2.45) is 0 Å². The minimum Gasteiger partial charge on any atom is -0.482 e. The Morgan fingerprint density at radius 3 is 2.94 bits per heavy atom. The van der Waals surface area contributed by atoms with E-state index in [0.717, 1.165) is 24.0 Å². The fourth-order valence-corrected chi connectivity index (χ4v) is 2.06. The Morgan fingerprint density at radius 1 is 1.33 bits per heavy atom. The summed E-state index contributed by atoms with van der Waals surface area (Å²) in [6, 6.07) is 5.34. The predicted molar refractivity (Wildman–Crippen MR) is 65.8 cm³/mol. The number of carbonyl (C=O) groups is 2. The first-order valence-electron chi connectivity index (χ1n) is 6.15. The zero-order valence-corrected chi connectivity index (χ0v) is 10.4. The molecule has 4 heteroatoms. The first kappa shape index (κ1) is 12.6. The van der Waals surface area contributed by atoms with Crippen LogP contribution in [0.1, 0.15) is 35.7 Å². The minimum atomic E-state index is -0.383. The average molecular weight is 248 g/mol. The monoisotopic (exact) mass is 248 g/mol. The van der Waals surface area contributed by atoms with E-state index in [1.54, 1.807) is 19.1 Å². The fraction of sp³-hybridized carbons (Fsp3) is 0.429. The zero-order valence-electron chi connectivity index (χ0n) is 10.4. The van der Waals surface area contributed by atoms with Gasteiger partial charge < -0.3 is 9.47 Å². The average Bonchev–Trinajstić information content (AvgIpc) is 2.37. The molecule has 0 unspecified atom stereocenters. The third-order valence-electron chi connectivity index (χ3n) is 2.89. The molecule has 96 valence electrons. The van der Waals surface area contributed by atoms with Crippen LogP contribution in [0.25, 0.3) is 0 Å². The molecule has 0 atom stereocenters. The number of ketones is 1. The van der Waals surface area contributed by atoms with Gasteiger partial charge >= 0.3 is 5.97 Å². The normalized spacial score (nSPS) is 13.9. The lowest BCUT2D eigenvalue weighted by molar-refractivity contribution is -0.145. The van der Waals surface area contributed by atoms with Crippen molar-refractivity contribution < 1.29 is 19.1 Å². The molecule has 0 N–H and O–H groups in total. The lowest BCUT2D eigenvalue weighted by atomic mass is 9.91. The van der Waals surface area contributed by atoms with Crippen LogP contribution in [0.3, 0.4) is 0 Å². The Labute approximate surface area is 106 Å². The Hall–Kier alpha value is -1.84. The number of carbonyl (C=O) groups excluding carboxylic acids is 2. The molecule has 1 aliphatic rings. The summed E-state index contributed by atoms with van der Waals surface area (Å²) in [4.78, 5) is 22.8. The number of hydrogen-bond acceptors (Lipinski definition) is 4. The lowest BCUT2D eigenvalue weighted by Crippen LogP contribution is -2.15. The van der Waals surface area contributed by atoms with Gasteiger partial charge in [-0.2, -0.15) is 0 Å². The second kappa shape index (κ2) is 5.67. The number of rotatable bonds is 4. The molecule has 0 radical (unpaired) electrons. The largest absolute Gasteiger partial charge is 0.482 e. The summed E-state index contributed by atoms with van der Waals surface area (Å²) >= 11 is 0. The molecule has 1 aromatic carbocycles. The summed E-state index contributed by atoms with van der Waals surface area (Å²) in [5.74, 6) is 0.413. The fourth-order valence-electron chi connectivity index (χ4n) is 2.06. The van der Waals surface area contributed by atoms with Crippen LogP contribution >= 0.6 is 0 Å². The smallest absolute Gasteiger partial charge is 0.344 e. The topological polar surface area (TPSA) is 52.6 Å². The van der Waals surface area contributed by atoms with Crippen molar-refractivity contribution in [1.82, 2.24) is 0 Å². The number of fused-ring (bicyclic) bond motifs is 1. The van der Waals surface area contributed by atoms with Crippen LogP contribution in [-0.4, -0.2) is 25.0 Å². The van der Waals surface area contributed by atoms with E-state index in [4.69, 9.17) is 9.47 Å². The molecule has 0 aliphatic heterocycles. The quantitative estimate of drug-likeness (QED) is 0.766. The molecule has 0 spiro atoms. The molecule has 0 heterocycles. The van der Waals surface area contributed by atoms with Gasteiger partial charge in [0.15, 0.2) is 12.4 Å². The van der Waals surface area contributed by atoms with E-state index >= 15 is 0 Å². The summed E-state index contributed by atoms with van der Waals surface area (Å²) in [7, 11) is 0. The van der Waals surface area contributed by atoms with Gasteiger partial charge in [0.2, 0.25) is 0 Å². The third-order valence-corrected chi connectivity index (χ3v) is 2.89. The van der Waals surface area contributed by atoms with Gasteiger partial charge in [0.05, 0.1) is 6.61 Å². The van der Waals surface area contributed by atoms with Gasteiger partial charge in [-0.05, 0) is 43.5 Å². The van der Waals surface area contributed by atoms with Crippen molar-refractivity contribution in [1.29, 1.82) is 0 Å². The van der Waals surface area contributed by atoms with Crippen molar-refractivity contribution in [3.05, 3.63) is 29.3 Å². The van der Waals surface area contributed by atoms with Crippen molar-refractivity contribution in [3.8, 4) is 5.75 Å². The van der Waals surface area contributed by atoms with Gasteiger partial charge in [0.25, 0.3) is 0 Å². The second-order valence-corrected chi connectivity index (χ2v) is 4.19. The molecule has 0 aromatic heterocycles. The van der Waals surface area contributed by atoms with Gasteiger partial charge in [-0.3, -0.25) is 4.79 Å². The standard InChI is InChI=1S/C14H16O4/c1-2-17-14(16)9-18-11-6-7-12-10(8-11)4-3-5-13(12)15/h6-8H,2-5,9H2,1H3. The van der Waals surface area contributed by atoms with Crippen LogP contribution in [-0.2, 0) is 16.0 Å². The number of hydrogen-bond donors (Lipinski definition) is 0. The summed E-state index contributed by atoms with van der Waals surface area (Å²) in [5, 5.41) is 0. The van der Waals surface area contributed by atoms with E-state index in [-0.39, 0.29) is 18.4 Å². The molecule has 0 bridgehead atoms. The Bertz CT molecular complexity index is 465. The summed E-state index contributed by atoms with van der Waals surface area (Å²) in [6.07, 6.45) is 2.39. The van der Waals surface area contributed by atoms with Crippen LogP contribution in [0, 0.1) is 0 Å². The van der Waals surface area contributed by atoms with E-state index in [0.29, 0.717) is 18.8 Å². The van der Waals surface area contributed by atoms with Crippen LogP contribution in [0.15, 0.2) is 18.2 Å². The van der Waals surface area contributed by atoms with Crippen molar-refractivity contribution in [2.75, 3.05) is 13.2 Å². The van der Waals surface area contributed by atoms with Crippen molar-refractivity contribution >= 4 is 11.8 Å². The van der Waals surface area contributed by atoms with Gasteiger partial charge in [0.1, 0.15) is 5.75 Å². The van der Waals surface area contributed by atoms with E-state index in [1.807, 2.05) is 6.07 Å². The summed E-state index contributed by atoms with van der Waals surface area (Å²) < 4.78 is 10.1. The number of ether oxygens (including phenoxy) is 2. The first-order chi connectivity index (χ1) is 8.70. The molecule has 0 fully saturated rings. The first-order valence-corrected chi connectivity index (χ1v) is 6.15. The van der Waals surface area contributed by atoms with Crippen molar-refractivity contribution in [2.45, 2.75) is 26.2 Å². The highest BCUT2D eigenvalue weighted by atomic mass is 16.6. The predicted octanol–water partition coefficient (Wildman–Crippen LogP) is 2.15. The summed E-state index contributed by atoms with van der Waals surface area (Å²) in [5.41, 5.74) is 1.79. The lowest BCUT2D eigenvalue weighted by Gasteiger charge is -2.15. The Morgan fingerprint density at radius 2 is 2.17 bits per heavy atom. The number of Topliss-reactive ketones (excluding diaryl/α,β-unsaturated/α-hetero) is 1. The highest BCUT2D eigenvalue weighted by molar-refractivity contribution is 5.98. The van der Waals surface area contributed by atoms with Gasteiger partial charge in [-0.15, -0.1) is 0 Å². The zero-order chi connectivity index (χ0) is 13.0. The molecule has 0 saturated carbocycles. The number of esters is 1. The highest BCUT2D eigenvalue weighted by Gasteiger charge is 2.17. The van der Waals surface area contributed by atoms with Crippen LogP contribution in [0.4, 0.5) is 0 Å². The second-order valence-electron chi connectivity index (χ2n) is 4.19. The van der Waals surface area contributed by atoms with Gasteiger partial charge in [-0.1, -0.05) is 0 Å². The molecule has 2 rings (SSSR count). The number of benzene rings is 1. The number of aryl methyl sites for hydroxylation is 1. The maximum absolute atomic E-state index is 11.6. The van der Waals surface area contributed by atoms with E-state index in [2.05, 4.69) is 0 Å². The van der Waals surface area contributed by atoms with E-state index in [9.17, 15) is 9.59 Å². The third kappa shape index (κ3) is 2.88. The highest BCUT2D eigenvalue weighted by Crippen LogP contribution is 2.25. The van der Waals surface area contributed by atoms with Crippen molar-refractivity contribution in [3.63, 3.8) is 0 Å². The minimum absolute atomic E-state index is 0.0967. The van der Waals surface area contributed by atoms with Gasteiger partial charge in [-0.25, -0.2) is 4.79 Å². The molecule has 1 aromatic rings. The maximum atomic E-state index is 11.6. The van der Waals surface area contributed by atoms with Crippen LogP contribution < -0.4 is 4.74 Å². The molecule has 4 nitrogen and oxygen atoms in total. The van der Waals surface area contributed by atoms with Crippen LogP contribution in [0.2, 0.25) is 0 Å². The van der Waals surface area contributed by atoms with E-state index < -0.39 is 0 Å². The maximum Gasteiger partial charge on any atom is 0.344 e. The summed E-state index contributed by atoms with van der Waals surface area (Å²) in [6.45, 7) is 2.00. The molecule has 18 heavy (non-hydrogen) atoms. The molecular formula is C14H16O4. The molecule has 0 amide bonds. The SMILES string of the molecule is CCOC(=O)COc1ccc2c(c1)CCCC2=O.